The molecule has 4 rings (SSSR count). The van der Waals surface area contributed by atoms with E-state index in [9.17, 15) is 4.79 Å². The lowest BCUT2D eigenvalue weighted by Gasteiger charge is -2.34. The number of ether oxygens (including phenoxy) is 1. The Balaban J connectivity index is 1.40. The predicted octanol–water partition coefficient (Wildman–Crippen LogP) is 4.97. The van der Waals surface area contributed by atoms with E-state index in [0.29, 0.717) is 32.5 Å². The number of carbonyl (C=O) groups excluding carboxylic acids is 1. The molecule has 5 heteroatoms. The third-order valence-corrected chi connectivity index (χ3v) is 5.52. The Morgan fingerprint density at radius 3 is 2.00 bits per heavy atom. The molecular weight excluding hydrogens is 400 g/mol. The lowest BCUT2D eigenvalue weighted by Crippen LogP contribution is -2.48. The smallest absolute Gasteiger partial charge is 0.323 e. The van der Waals surface area contributed by atoms with Gasteiger partial charge in [-0.25, -0.2) is 0 Å². The quantitative estimate of drug-likeness (QED) is 0.376. The summed E-state index contributed by atoms with van der Waals surface area (Å²) in [7, 11) is 0. The van der Waals surface area contributed by atoms with Gasteiger partial charge in [-0.1, -0.05) is 96.2 Å². The van der Waals surface area contributed by atoms with Crippen molar-refractivity contribution in [2.75, 3.05) is 6.54 Å². The summed E-state index contributed by atoms with van der Waals surface area (Å²) in [5.74, 6) is -0.186. The second-order valence-corrected chi connectivity index (χ2v) is 7.95. The van der Waals surface area contributed by atoms with Crippen LogP contribution < -0.4 is 0 Å². The minimum absolute atomic E-state index is 0.186. The molecule has 164 valence electrons. The summed E-state index contributed by atoms with van der Waals surface area (Å²) in [6.45, 7) is 1.96. The van der Waals surface area contributed by atoms with Gasteiger partial charge in [0.25, 0.3) is 0 Å². The highest BCUT2D eigenvalue weighted by Gasteiger charge is 2.32. The average molecular weight is 429 g/mol. The van der Waals surface area contributed by atoms with Crippen molar-refractivity contribution in [1.29, 1.82) is 0 Å². The molecule has 0 aromatic heterocycles. The molecule has 1 atom stereocenters. The van der Waals surface area contributed by atoms with E-state index in [1.807, 2.05) is 78.9 Å². The van der Waals surface area contributed by atoms with Crippen molar-refractivity contribution in [1.82, 2.24) is 4.90 Å². The first kappa shape index (κ1) is 21.8. The summed E-state index contributed by atoms with van der Waals surface area (Å²) in [5.41, 5.74) is 4.17. The van der Waals surface area contributed by atoms with Crippen LogP contribution in [0.3, 0.4) is 0 Å². The Kier molecular flexibility index (Phi) is 7.66. The monoisotopic (exact) mass is 428 g/mol. The van der Waals surface area contributed by atoms with E-state index in [2.05, 4.69) is 22.2 Å². The van der Waals surface area contributed by atoms with Crippen LogP contribution in [0, 0.1) is 0 Å². The fourth-order valence-electron chi connectivity index (χ4n) is 3.83. The van der Waals surface area contributed by atoms with Crippen LogP contribution in [0.5, 0.6) is 0 Å². The molecule has 0 saturated carbocycles. The third kappa shape index (κ3) is 6.28. The maximum absolute atomic E-state index is 12.9. The van der Waals surface area contributed by atoms with Gasteiger partial charge in [0.05, 0.1) is 5.71 Å². The molecule has 1 fully saturated rings. The molecule has 0 bridgehead atoms. The molecule has 3 aromatic carbocycles. The molecule has 0 amide bonds. The Labute approximate surface area is 189 Å². The molecule has 5 nitrogen and oxygen atoms in total. The zero-order valence-corrected chi connectivity index (χ0v) is 18.1. The Hall–Kier alpha value is -3.44. The molecular formula is C27H28N2O3. The zero-order valence-electron chi connectivity index (χ0n) is 18.1. The van der Waals surface area contributed by atoms with Gasteiger partial charge in [0, 0.05) is 13.1 Å². The van der Waals surface area contributed by atoms with Gasteiger partial charge in [-0.3, -0.25) is 9.69 Å². The average Bonchev–Trinajstić information content (AvgIpc) is 2.85. The maximum atomic E-state index is 12.9. The van der Waals surface area contributed by atoms with Gasteiger partial charge in [-0.2, -0.15) is 0 Å². The minimum atomic E-state index is -0.299. The summed E-state index contributed by atoms with van der Waals surface area (Å²) < 4.78 is 5.66. The number of carbonyl (C=O) groups is 1. The van der Waals surface area contributed by atoms with Gasteiger partial charge in [0.15, 0.2) is 0 Å². The topological polar surface area (TPSA) is 51.1 Å². The van der Waals surface area contributed by atoms with E-state index >= 15 is 0 Å². The van der Waals surface area contributed by atoms with Crippen molar-refractivity contribution in [2.24, 2.45) is 5.16 Å². The number of benzene rings is 3. The first-order chi connectivity index (χ1) is 15.8. The highest BCUT2D eigenvalue weighted by molar-refractivity contribution is 5.89. The number of esters is 1. The van der Waals surface area contributed by atoms with Gasteiger partial charge in [0.1, 0.15) is 19.3 Å². The van der Waals surface area contributed by atoms with Gasteiger partial charge in [0.2, 0.25) is 0 Å². The molecule has 0 aliphatic carbocycles. The Bertz CT molecular complexity index is 1010. The summed E-state index contributed by atoms with van der Waals surface area (Å²) in [5, 5.41) is 4.38. The van der Waals surface area contributed by atoms with Crippen LogP contribution in [-0.4, -0.2) is 29.2 Å². The van der Waals surface area contributed by atoms with E-state index in [4.69, 9.17) is 9.57 Å². The number of nitrogens with zero attached hydrogens (tertiary/aromatic N) is 2. The second-order valence-electron chi connectivity index (χ2n) is 7.95. The zero-order chi connectivity index (χ0) is 22.0. The highest BCUT2D eigenvalue weighted by Crippen LogP contribution is 2.21. The maximum Gasteiger partial charge on any atom is 0.323 e. The van der Waals surface area contributed by atoms with Crippen LogP contribution in [-0.2, 0) is 34.1 Å². The van der Waals surface area contributed by atoms with Gasteiger partial charge >= 0.3 is 5.97 Å². The summed E-state index contributed by atoms with van der Waals surface area (Å²) in [4.78, 5) is 20.7. The van der Waals surface area contributed by atoms with Gasteiger partial charge < -0.3 is 9.57 Å². The van der Waals surface area contributed by atoms with Crippen molar-refractivity contribution >= 4 is 11.7 Å². The molecule has 0 N–H and O–H groups in total. The fraction of sp³-hybridized carbons (Fsp3) is 0.259. The van der Waals surface area contributed by atoms with Crippen molar-refractivity contribution in [2.45, 2.75) is 38.6 Å². The van der Waals surface area contributed by atoms with Crippen molar-refractivity contribution in [3.05, 3.63) is 108 Å². The molecule has 32 heavy (non-hydrogen) atoms. The number of rotatable bonds is 8. The molecule has 1 heterocycles. The largest absolute Gasteiger partial charge is 0.460 e. The van der Waals surface area contributed by atoms with Crippen molar-refractivity contribution in [3.63, 3.8) is 0 Å². The SMILES string of the molecule is O=C(OCc1ccccc1)[C@@H]1CCC(=NOCc2ccccc2)CN1Cc1ccccc1. The molecule has 1 aliphatic heterocycles. The first-order valence-electron chi connectivity index (χ1n) is 11.0. The molecule has 0 unspecified atom stereocenters. The van der Waals surface area contributed by atoms with Crippen LogP contribution in [0.25, 0.3) is 0 Å². The molecule has 1 saturated heterocycles. The van der Waals surface area contributed by atoms with E-state index in [0.717, 1.165) is 22.4 Å². The van der Waals surface area contributed by atoms with Crippen LogP contribution in [0.4, 0.5) is 0 Å². The fourth-order valence-corrected chi connectivity index (χ4v) is 3.83. The van der Waals surface area contributed by atoms with E-state index in [1.165, 1.54) is 0 Å². The van der Waals surface area contributed by atoms with Crippen molar-refractivity contribution in [3.8, 4) is 0 Å². The normalized spacial score (nSPS) is 17.8. The molecule has 1 aliphatic rings. The van der Waals surface area contributed by atoms with E-state index in [-0.39, 0.29) is 18.6 Å². The van der Waals surface area contributed by atoms with Crippen LogP contribution in [0.2, 0.25) is 0 Å². The van der Waals surface area contributed by atoms with Crippen LogP contribution in [0.1, 0.15) is 29.5 Å². The van der Waals surface area contributed by atoms with E-state index in [1.54, 1.807) is 0 Å². The number of piperidine rings is 1. The van der Waals surface area contributed by atoms with Gasteiger partial charge in [-0.15, -0.1) is 0 Å². The highest BCUT2D eigenvalue weighted by atomic mass is 16.6. The summed E-state index contributed by atoms with van der Waals surface area (Å²) in [6, 6.07) is 29.6. The molecule has 3 aromatic rings. The standard InChI is InChI=1S/C27H28N2O3/c30-27(31-20-23-12-6-2-7-13-23)26-17-16-25(28-32-21-24-14-8-3-9-15-24)19-29(26)18-22-10-4-1-5-11-22/h1-15,26H,16-21H2/t26-/m0/s1. The third-order valence-electron chi connectivity index (χ3n) is 5.52. The first-order valence-corrected chi connectivity index (χ1v) is 11.0. The predicted molar refractivity (Wildman–Crippen MR) is 125 cm³/mol. The lowest BCUT2D eigenvalue weighted by atomic mass is 9.99. The van der Waals surface area contributed by atoms with Gasteiger partial charge in [-0.05, 0) is 29.5 Å². The van der Waals surface area contributed by atoms with E-state index < -0.39 is 0 Å². The summed E-state index contributed by atoms with van der Waals surface area (Å²) in [6.07, 6.45) is 1.37. The van der Waals surface area contributed by atoms with Crippen LogP contribution >= 0.6 is 0 Å². The molecule has 0 radical (unpaired) electrons. The Morgan fingerprint density at radius 1 is 0.812 bits per heavy atom. The Morgan fingerprint density at radius 2 is 1.38 bits per heavy atom. The number of hydrogen-bond donors (Lipinski definition) is 0. The summed E-state index contributed by atoms with van der Waals surface area (Å²) >= 11 is 0. The minimum Gasteiger partial charge on any atom is -0.460 e. The number of hydrogen-bond acceptors (Lipinski definition) is 5. The van der Waals surface area contributed by atoms with Crippen molar-refractivity contribution < 1.29 is 14.4 Å². The lowest BCUT2D eigenvalue weighted by molar-refractivity contribution is -0.152. The number of oxime groups is 1. The number of likely N-dealkylation sites (tertiary alicyclic amines) is 1. The molecule has 0 spiro atoms. The van der Waals surface area contributed by atoms with Crippen LogP contribution in [0.15, 0.2) is 96.2 Å². The second kappa shape index (κ2) is 11.3.